The van der Waals surface area contributed by atoms with Crippen molar-refractivity contribution < 1.29 is 9.47 Å². The number of anilines is 1. The Kier molecular flexibility index (Phi) is 4.70. The standard InChI is InChI=1S/C15H19BrN2O2/c1-10(16)9-18(2)15-12-8-14(20-4)13(19-3)7-11(12)5-6-17-15/h5-8,10H,9H2,1-4H3. The van der Waals surface area contributed by atoms with Crippen molar-refractivity contribution in [1.29, 1.82) is 0 Å². The Morgan fingerprint density at radius 1 is 1.25 bits per heavy atom. The number of pyridine rings is 1. The van der Waals surface area contributed by atoms with Gasteiger partial charge in [0.2, 0.25) is 0 Å². The maximum absolute atomic E-state index is 5.38. The van der Waals surface area contributed by atoms with Crippen LogP contribution in [0, 0.1) is 0 Å². The van der Waals surface area contributed by atoms with E-state index in [2.05, 4.69) is 32.7 Å². The SMILES string of the molecule is COc1cc2ccnc(N(C)CC(C)Br)c2cc1OC. The fraction of sp³-hybridized carbons (Fsp3) is 0.400. The first-order valence-electron chi connectivity index (χ1n) is 6.42. The number of hydrogen-bond donors (Lipinski definition) is 0. The molecule has 0 N–H and O–H groups in total. The minimum atomic E-state index is 0.393. The third-order valence-corrected chi connectivity index (χ3v) is 3.42. The Bertz CT molecular complexity index is 602. The average molecular weight is 339 g/mol. The highest BCUT2D eigenvalue weighted by Gasteiger charge is 2.13. The summed E-state index contributed by atoms with van der Waals surface area (Å²) in [7, 11) is 5.32. The normalized spacial score (nSPS) is 12.2. The number of methoxy groups -OCH3 is 2. The number of hydrogen-bond acceptors (Lipinski definition) is 4. The van der Waals surface area contributed by atoms with Crippen molar-refractivity contribution in [3.63, 3.8) is 0 Å². The molecule has 20 heavy (non-hydrogen) atoms. The summed E-state index contributed by atoms with van der Waals surface area (Å²) in [5.74, 6) is 2.39. The van der Waals surface area contributed by atoms with E-state index in [-0.39, 0.29) is 0 Å². The molecule has 1 aromatic heterocycles. The zero-order chi connectivity index (χ0) is 14.7. The summed E-state index contributed by atoms with van der Waals surface area (Å²) in [5.41, 5.74) is 0. The van der Waals surface area contributed by atoms with Gasteiger partial charge in [-0.3, -0.25) is 0 Å². The number of alkyl halides is 1. The van der Waals surface area contributed by atoms with Gasteiger partial charge in [0.15, 0.2) is 11.5 Å². The summed E-state index contributed by atoms with van der Waals surface area (Å²) in [5, 5.41) is 2.14. The Balaban J connectivity index is 2.56. The monoisotopic (exact) mass is 338 g/mol. The number of nitrogens with zero attached hydrogens (tertiary/aromatic N) is 2. The molecule has 1 heterocycles. The number of benzene rings is 1. The van der Waals surface area contributed by atoms with Gasteiger partial charge in [-0.2, -0.15) is 0 Å². The van der Waals surface area contributed by atoms with E-state index in [0.29, 0.717) is 4.83 Å². The fourth-order valence-electron chi connectivity index (χ4n) is 2.25. The van der Waals surface area contributed by atoms with Gasteiger partial charge in [0.25, 0.3) is 0 Å². The van der Waals surface area contributed by atoms with Gasteiger partial charge in [0.05, 0.1) is 14.2 Å². The average Bonchev–Trinajstić information content (AvgIpc) is 2.44. The Morgan fingerprint density at radius 2 is 1.90 bits per heavy atom. The van der Waals surface area contributed by atoms with Crippen LogP contribution >= 0.6 is 15.9 Å². The molecule has 108 valence electrons. The number of fused-ring (bicyclic) bond motifs is 1. The fourth-order valence-corrected chi connectivity index (χ4v) is 2.69. The zero-order valence-corrected chi connectivity index (χ0v) is 13.8. The zero-order valence-electron chi connectivity index (χ0n) is 12.2. The smallest absolute Gasteiger partial charge is 0.161 e. The van der Waals surface area contributed by atoms with Crippen molar-refractivity contribution in [2.24, 2.45) is 0 Å². The maximum Gasteiger partial charge on any atom is 0.161 e. The van der Waals surface area contributed by atoms with Gasteiger partial charge in [0.1, 0.15) is 5.82 Å². The summed E-state index contributed by atoms with van der Waals surface area (Å²) in [4.78, 5) is 7.03. The quantitative estimate of drug-likeness (QED) is 0.782. The van der Waals surface area contributed by atoms with Crippen LogP contribution in [0.1, 0.15) is 6.92 Å². The number of ether oxygens (including phenoxy) is 2. The molecule has 0 amide bonds. The van der Waals surface area contributed by atoms with E-state index in [1.165, 1.54) is 0 Å². The second-order valence-electron chi connectivity index (χ2n) is 4.72. The molecule has 2 rings (SSSR count). The first kappa shape index (κ1) is 14.9. The lowest BCUT2D eigenvalue weighted by Crippen LogP contribution is -2.24. The van der Waals surface area contributed by atoms with E-state index < -0.39 is 0 Å². The van der Waals surface area contributed by atoms with E-state index in [0.717, 1.165) is 34.6 Å². The number of rotatable bonds is 5. The largest absolute Gasteiger partial charge is 0.493 e. The van der Waals surface area contributed by atoms with E-state index in [1.807, 2.05) is 31.4 Å². The van der Waals surface area contributed by atoms with Crippen LogP contribution in [0.25, 0.3) is 10.8 Å². The van der Waals surface area contributed by atoms with Crippen LogP contribution in [0.4, 0.5) is 5.82 Å². The van der Waals surface area contributed by atoms with Gasteiger partial charge in [-0.05, 0) is 23.6 Å². The highest BCUT2D eigenvalue weighted by Crippen LogP contribution is 2.35. The van der Waals surface area contributed by atoms with Gasteiger partial charge in [-0.15, -0.1) is 0 Å². The highest BCUT2D eigenvalue weighted by molar-refractivity contribution is 9.09. The Hall–Kier alpha value is -1.49. The van der Waals surface area contributed by atoms with Crippen molar-refractivity contribution in [1.82, 2.24) is 4.98 Å². The predicted molar refractivity (Wildman–Crippen MR) is 86.5 cm³/mol. The van der Waals surface area contributed by atoms with Crippen LogP contribution < -0.4 is 14.4 Å². The van der Waals surface area contributed by atoms with Crippen molar-refractivity contribution in [2.75, 3.05) is 32.7 Å². The molecule has 1 atom stereocenters. The second kappa shape index (κ2) is 6.31. The lowest BCUT2D eigenvalue weighted by molar-refractivity contribution is 0.356. The number of aromatic nitrogens is 1. The molecule has 0 spiro atoms. The third-order valence-electron chi connectivity index (χ3n) is 3.13. The van der Waals surface area contributed by atoms with Crippen molar-refractivity contribution in [3.8, 4) is 11.5 Å². The van der Waals surface area contributed by atoms with Crippen molar-refractivity contribution in [3.05, 3.63) is 24.4 Å². The molecule has 0 saturated heterocycles. The first-order chi connectivity index (χ1) is 9.56. The molecule has 0 aliphatic carbocycles. The molecule has 0 fully saturated rings. The third kappa shape index (κ3) is 2.98. The molecule has 0 aliphatic rings. The van der Waals surface area contributed by atoms with Crippen LogP contribution in [-0.4, -0.2) is 37.6 Å². The summed E-state index contributed by atoms with van der Waals surface area (Å²) < 4.78 is 10.7. The van der Waals surface area contributed by atoms with Crippen LogP contribution in [0.5, 0.6) is 11.5 Å². The molecule has 0 aliphatic heterocycles. The molecule has 2 aromatic rings. The summed E-state index contributed by atoms with van der Waals surface area (Å²) in [6, 6.07) is 5.93. The Morgan fingerprint density at radius 3 is 2.50 bits per heavy atom. The molecule has 0 saturated carbocycles. The van der Waals surface area contributed by atoms with Gasteiger partial charge in [-0.1, -0.05) is 22.9 Å². The van der Waals surface area contributed by atoms with E-state index in [9.17, 15) is 0 Å². The van der Waals surface area contributed by atoms with E-state index in [4.69, 9.17) is 9.47 Å². The molecule has 0 radical (unpaired) electrons. The maximum atomic E-state index is 5.38. The van der Waals surface area contributed by atoms with Crippen LogP contribution in [0.3, 0.4) is 0 Å². The van der Waals surface area contributed by atoms with Crippen LogP contribution in [0.2, 0.25) is 0 Å². The lowest BCUT2D eigenvalue weighted by atomic mass is 10.1. The second-order valence-corrected chi connectivity index (χ2v) is 6.29. The Labute approximate surface area is 127 Å². The van der Waals surface area contributed by atoms with Crippen molar-refractivity contribution in [2.45, 2.75) is 11.8 Å². The van der Waals surface area contributed by atoms with Gasteiger partial charge < -0.3 is 14.4 Å². The van der Waals surface area contributed by atoms with Crippen LogP contribution in [0.15, 0.2) is 24.4 Å². The van der Waals surface area contributed by atoms with Crippen LogP contribution in [-0.2, 0) is 0 Å². The molecule has 5 heteroatoms. The molecule has 1 unspecified atom stereocenters. The molecule has 4 nitrogen and oxygen atoms in total. The molecular weight excluding hydrogens is 320 g/mol. The molecule has 1 aromatic carbocycles. The minimum Gasteiger partial charge on any atom is -0.493 e. The van der Waals surface area contributed by atoms with Crippen molar-refractivity contribution >= 4 is 32.5 Å². The minimum absolute atomic E-state index is 0.393. The van der Waals surface area contributed by atoms with E-state index >= 15 is 0 Å². The molecular formula is C15H19BrN2O2. The van der Waals surface area contributed by atoms with E-state index in [1.54, 1.807) is 14.2 Å². The van der Waals surface area contributed by atoms with Gasteiger partial charge >= 0.3 is 0 Å². The predicted octanol–water partition coefficient (Wildman–Crippen LogP) is 3.47. The topological polar surface area (TPSA) is 34.6 Å². The summed E-state index contributed by atoms with van der Waals surface area (Å²) >= 11 is 3.57. The van der Waals surface area contributed by atoms with Gasteiger partial charge in [0, 0.05) is 30.0 Å². The first-order valence-corrected chi connectivity index (χ1v) is 7.34. The molecule has 0 bridgehead atoms. The summed E-state index contributed by atoms with van der Waals surface area (Å²) in [6.07, 6.45) is 1.82. The highest BCUT2D eigenvalue weighted by atomic mass is 79.9. The lowest BCUT2D eigenvalue weighted by Gasteiger charge is -2.21. The summed E-state index contributed by atoms with van der Waals surface area (Å²) in [6.45, 7) is 2.99. The van der Waals surface area contributed by atoms with Gasteiger partial charge in [-0.25, -0.2) is 4.98 Å². The number of halogens is 1.